The fourth-order valence-corrected chi connectivity index (χ4v) is 2.28. The normalized spacial score (nSPS) is 11.3. The Kier molecular flexibility index (Phi) is 9.67. The summed E-state index contributed by atoms with van der Waals surface area (Å²) in [6, 6.07) is 5.85. The Labute approximate surface area is 153 Å². The van der Waals surface area contributed by atoms with Gasteiger partial charge in [-0.1, -0.05) is 12.1 Å². The van der Waals surface area contributed by atoms with E-state index in [4.69, 9.17) is 9.47 Å². The first kappa shape index (κ1) is 21.3. The molecule has 0 aliphatic rings. The van der Waals surface area contributed by atoms with E-state index in [0.717, 1.165) is 11.8 Å². The Morgan fingerprint density at radius 2 is 1.73 bits per heavy atom. The Morgan fingerprint density at radius 3 is 2.31 bits per heavy atom. The fraction of sp³-hybridized carbons (Fsp3) is 0.474. The largest absolute Gasteiger partial charge is 0.466 e. The second-order valence-electron chi connectivity index (χ2n) is 5.52. The summed E-state index contributed by atoms with van der Waals surface area (Å²) >= 11 is 0. The zero-order valence-corrected chi connectivity index (χ0v) is 15.2. The maximum atomic E-state index is 12.4. The molecular weight excluding hydrogens is 338 g/mol. The summed E-state index contributed by atoms with van der Waals surface area (Å²) in [5.74, 6) is -1.46. The molecule has 0 heterocycles. The second kappa shape index (κ2) is 11.8. The van der Waals surface area contributed by atoms with Crippen molar-refractivity contribution in [2.24, 2.45) is 0 Å². The van der Waals surface area contributed by atoms with Crippen LogP contribution in [0.4, 0.5) is 0 Å². The van der Waals surface area contributed by atoms with Crippen molar-refractivity contribution in [3.8, 4) is 0 Å². The lowest BCUT2D eigenvalue weighted by molar-refractivity contribution is -0.146. The molecule has 0 unspecified atom stereocenters. The molecule has 0 aliphatic heterocycles. The summed E-state index contributed by atoms with van der Waals surface area (Å²) in [6.45, 7) is 3.79. The summed E-state index contributed by atoms with van der Waals surface area (Å²) in [4.78, 5) is 46.3. The highest BCUT2D eigenvalue weighted by atomic mass is 16.5. The van der Waals surface area contributed by atoms with Crippen LogP contribution >= 0.6 is 0 Å². The number of benzene rings is 1. The predicted octanol–water partition coefficient (Wildman–Crippen LogP) is 1.82. The van der Waals surface area contributed by atoms with Crippen molar-refractivity contribution in [2.75, 3.05) is 13.2 Å². The molecule has 26 heavy (non-hydrogen) atoms. The van der Waals surface area contributed by atoms with E-state index in [1.54, 1.807) is 38.1 Å². The molecule has 0 aromatic heterocycles. The zero-order chi connectivity index (χ0) is 19.4. The molecule has 0 saturated heterocycles. The van der Waals surface area contributed by atoms with E-state index in [1.165, 1.54) is 0 Å². The quantitative estimate of drug-likeness (QED) is 0.476. The van der Waals surface area contributed by atoms with Gasteiger partial charge in [0.2, 0.25) is 0 Å². The highest BCUT2D eigenvalue weighted by Gasteiger charge is 2.23. The molecule has 0 fully saturated rings. The van der Waals surface area contributed by atoms with E-state index in [2.05, 4.69) is 5.32 Å². The van der Waals surface area contributed by atoms with Crippen molar-refractivity contribution < 1.29 is 28.7 Å². The number of carbonyl (C=O) groups excluding carboxylic acids is 4. The molecule has 142 valence electrons. The molecule has 0 spiro atoms. The SMILES string of the molecule is CCOC(=O)CC[C@H](NC(=O)c1ccc(CCC=O)cc1)C(=O)OCC. The van der Waals surface area contributed by atoms with Crippen molar-refractivity contribution in [1.29, 1.82) is 0 Å². The Morgan fingerprint density at radius 1 is 1.08 bits per heavy atom. The standard InChI is InChI=1S/C19H25NO6/c1-3-25-17(22)12-11-16(19(24)26-4-2)20-18(23)15-9-7-14(8-10-15)6-5-13-21/h7-10,13,16H,3-6,11-12H2,1-2H3,(H,20,23)/t16-/m0/s1. The van der Waals surface area contributed by atoms with Gasteiger partial charge in [0.05, 0.1) is 13.2 Å². The fourth-order valence-electron chi connectivity index (χ4n) is 2.28. The van der Waals surface area contributed by atoms with Gasteiger partial charge in [-0.15, -0.1) is 0 Å². The molecule has 1 atom stereocenters. The van der Waals surface area contributed by atoms with Crippen molar-refractivity contribution >= 4 is 24.1 Å². The van der Waals surface area contributed by atoms with Crippen molar-refractivity contribution in [3.63, 3.8) is 0 Å². The van der Waals surface area contributed by atoms with Gasteiger partial charge in [-0.3, -0.25) is 9.59 Å². The van der Waals surface area contributed by atoms with E-state index in [9.17, 15) is 19.2 Å². The zero-order valence-electron chi connectivity index (χ0n) is 15.2. The van der Waals surface area contributed by atoms with Gasteiger partial charge in [-0.05, 0) is 44.4 Å². The van der Waals surface area contributed by atoms with Crippen LogP contribution in [-0.2, 0) is 30.3 Å². The lowest BCUT2D eigenvalue weighted by Gasteiger charge is -2.17. The maximum Gasteiger partial charge on any atom is 0.328 e. The third-order valence-electron chi connectivity index (χ3n) is 3.59. The summed E-state index contributed by atoms with van der Waals surface area (Å²) < 4.78 is 9.80. The van der Waals surface area contributed by atoms with Gasteiger partial charge >= 0.3 is 11.9 Å². The molecule has 1 amide bonds. The number of esters is 2. The molecule has 7 nitrogen and oxygen atoms in total. The summed E-state index contributed by atoms with van der Waals surface area (Å²) in [7, 11) is 0. The molecule has 0 saturated carbocycles. The van der Waals surface area contributed by atoms with Crippen molar-refractivity contribution in [3.05, 3.63) is 35.4 Å². The first-order valence-electron chi connectivity index (χ1n) is 8.67. The topological polar surface area (TPSA) is 98.8 Å². The third kappa shape index (κ3) is 7.46. The molecule has 1 aromatic carbocycles. The summed E-state index contributed by atoms with van der Waals surface area (Å²) in [6.07, 6.45) is 1.97. The molecule has 0 radical (unpaired) electrons. The summed E-state index contributed by atoms with van der Waals surface area (Å²) in [5.41, 5.74) is 1.32. The third-order valence-corrected chi connectivity index (χ3v) is 3.59. The molecule has 1 rings (SSSR count). The molecular formula is C19H25NO6. The number of hydrogen-bond acceptors (Lipinski definition) is 6. The van der Waals surface area contributed by atoms with E-state index in [1.807, 2.05) is 0 Å². The molecule has 7 heteroatoms. The lowest BCUT2D eigenvalue weighted by atomic mass is 10.1. The predicted molar refractivity (Wildman–Crippen MR) is 94.6 cm³/mol. The molecule has 0 bridgehead atoms. The van der Waals surface area contributed by atoms with Crippen LogP contribution in [0.5, 0.6) is 0 Å². The lowest BCUT2D eigenvalue weighted by Crippen LogP contribution is -2.42. The van der Waals surface area contributed by atoms with Gasteiger partial charge in [0.25, 0.3) is 5.91 Å². The molecule has 0 aliphatic carbocycles. The van der Waals surface area contributed by atoms with Crippen LogP contribution in [0.2, 0.25) is 0 Å². The van der Waals surface area contributed by atoms with Gasteiger partial charge in [0.1, 0.15) is 12.3 Å². The Hall–Kier alpha value is -2.70. The van der Waals surface area contributed by atoms with E-state index in [-0.39, 0.29) is 26.1 Å². The number of carbonyl (C=O) groups is 4. The Balaban J connectivity index is 2.72. The highest BCUT2D eigenvalue weighted by Crippen LogP contribution is 2.09. The van der Waals surface area contributed by atoms with Crippen molar-refractivity contribution in [2.45, 2.75) is 45.6 Å². The van der Waals surface area contributed by atoms with E-state index in [0.29, 0.717) is 18.4 Å². The average Bonchev–Trinajstić information content (AvgIpc) is 2.64. The average molecular weight is 363 g/mol. The molecule has 1 N–H and O–H groups in total. The van der Waals surface area contributed by atoms with Crippen LogP contribution in [-0.4, -0.2) is 43.4 Å². The second-order valence-corrected chi connectivity index (χ2v) is 5.52. The van der Waals surface area contributed by atoms with Crippen LogP contribution in [0.1, 0.15) is 49.0 Å². The number of amides is 1. The molecule has 1 aromatic rings. The van der Waals surface area contributed by atoms with Crippen LogP contribution in [0.15, 0.2) is 24.3 Å². The maximum absolute atomic E-state index is 12.4. The first-order chi connectivity index (χ1) is 12.5. The minimum Gasteiger partial charge on any atom is -0.466 e. The van der Waals surface area contributed by atoms with Gasteiger partial charge in [-0.2, -0.15) is 0 Å². The first-order valence-corrected chi connectivity index (χ1v) is 8.67. The minimum atomic E-state index is -0.929. The van der Waals surface area contributed by atoms with Gasteiger partial charge in [0, 0.05) is 18.4 Å². The number of hydrogen-bond donors (Lipinski definition) is 1. The summed E-state index contributed by atoms with van der Waals surface area (Å²) in [5, 5.41) is 2.60. The van der Waals surface area contributed by atoms with Crippen LogP contribution in [0.25, 0.3) is 0 Å². The van der Waals surface area contributed by atoms with Crippen LogP contribution in [0.3, 0.4) is 0 Å². The van der Waals surface area contributed by atoms with Crippen molar-refractivity contribution in [1.82, 2.24) is 5.32 Å². The van der Waals surface area contributed by atoms with E-state index >= 15 is 0 Å². The highest BCUT2D eigenvalue weighted by molar-refractivity contribution is 5.96. The number of nitrogens with one attached hydrogen (secondary N) is 1. The minimum absolute atomic E-state index is 0.00222. The smallest absolute Gasteiger partial charge is 0.328 e. The Bertz CT molecular complexity index is 611. The number of aryl methyl sites for hydroxylation is 1. The van der Waals surface area contributed by atoms with Gasteiger partial charge in [-0.25, -0.2) is 4.79 Å². The van der Waals surface area contributed by atoms with Crippen LogP contribution in [0, 0.1) is 0 Å². The van der Waals surface area contributed by atoms with Gasteiger partial charge in [0.15, 0.2) is 0 Å². The number of ether oxygens (including phenoxy) is 2. The number of rotatable bonds is 11. The number of aldehydes is 1. The van der Waals surface area contributed by atoms with E-state index < -0.39 is 23.9 Å². The van der Waals surface area contributed by atoms with Gasteiger partial charge < -0.3 is 19.6 Å². The monoisotopic (exact) mass is 363 g/mol. The van der Waals surface area contributed by atoms with Crippen LogP contribution < -0.4 is 5.32 Å².